The van der Waals surface area contributed by atoms with Crippen molar-refractivity contribution in [3.63, 3.8) is 0 Å². The maximum atomic E-state index is 12.3. The number of rotatable bonds is 5. The first kappa shape index (κ1) is 13.8. The number of hydrogen-bond donors (Lipinski definition) is 0. The normalized spacial score (nSPS) is 12.1. The van der Waals surface area contributed by atoms with Gasteiger partial charge in [-0.05, 0) is 19.1 Å². The number of methoxy groups -OCH3 is 1. The number of ether oxygens (including phenoxy) is 1. The van der Waals surface area contributed by atoms with Crippen molar-refractivity contribution in [2.24, 2.45) is 0 Å². The number of aryl methyl sites for hydroxylation is 1. The van der Waals surface area contributed by atoms with Gasteiger partial charge in [0.2, 0.25) is 5.78 Å². The summed E-state index contributed by atoms with van der Waals surface area (Å²) >= 11 is 1.43. The Morgan fingerprint density at radius 1 is 1.05 bits per heavy atom. The molecule has 0 heterocycles. The van der Waals surface area contributed by atoms with Crippen LogP contribution < -0.4 is 0 Å². The molecule has 0 spiro atoms. The van der Waals surface area contributed by atoms with E-state index in [1.807, 2.05) is 61.5 Å². The summed E-state index contributed by atoms with van der Waals surface area (Å²) in [5.74, 6) is -0.00586. The van der Waals surface area contributed by atoms with Crippen LogP contribution in [0.15, 0.2) is 59.5 Å². The first-order chi connectivity index (χ1) is 9.20. The fraction of sp³-hybridized carbons (Fsp3) is 0.188. The Hall–Kier alpha value is -1.58. The van der Waals surface area contributed by atoms with Crippen LogP contribution in [0, 0.1) is 6.92 Å². The summed E-state index contributed by atoms with van der Waals surface area (Å²) in [5, 5.41) is 0. The number of Topliss-reactive ketones (excluding diaryl/α,β-unsaturated/α-hetero) is 1. The van der Waals surface area contributed by atoms with Gasteiger partial charge in [-0.1, -0.05) is 59.8 Å². The Kier molecular flexibility index (Phi) is 4.77. The van der Waals surface area contributed by atoms with Crippen molar-refractivity contribution in [3.8, 4) is 0 Å². The monoisotopic (exact) mass is 272 g/mol. The Balaban J connectivity index is 2.12. The van der Waals surface area contributed by atoms with E-state index in [2.05, 4.69) is 0 Å². The summed E-state index contributed by atoms with van der Waals surface area (Å²) in [7, 11) is 1.56. The SMILES string of the molecule is CO[C@@H](Sc1ccc(C)cc1)C(=O)c1ccccc1. The van der Waals surface area contributed by atoms with Crippen LogP contribution in [0.2, 0.25) is 0 Å². The fourth-order valence-corrected chi connectivity index (χ4v) is 2.57. The van der Waals surface area contributed by atoms with Gasteiger partial charge in [0.1, 0.15) is 0 Å². The predicted octanol–water partition coefficient (Wildman–Crippen LogP) is 3.94. The van der Waals surface area contributed by atoms with Gasteiger partial charge >= 0.3 is 0 Å². The van der Waals surface area contributed by atoms with Crippen LogP contribution in [0.4, 0.5) is 0 Å². The number of thioether (sulfide) groups is 1. The van der Waals surface area contributed by atoms with E-state index in [9.17, 15) is 4.79 Å². The highest BCUT2D eigenvalue weighted by Gasteiger charge is 2.20. The second-order valence-electron chi connectivity index (χ2n) is 4.23. The molecule has 3 heteroatoms. The van der Waals surface area contributed by atoms with Crippen molar-refractivity contribution in [2.75, 3.05) is 7.11 Å². The molecule has 0 saturated heterocycles. The second-order valence-corrected chi connectivity index (χ2v) is 5.36. The Labute approximate surface area is 117 Å². The van der Waals surface area contributed by atoms with Crippen LogP contribution in [0.25, 0.3) is 0 Å². The zero-order valence-electron chi connectivity index (χ0n) is 11.0. The van der Waals surface area contributed by atoms with Gasteiger partial charge in [-0.25, -0.2) is 0 Å². The molecule has 0 bridgehead atoms. The van der Waals surface area contributed by atoms with E-state index in [1.54, 1.807) is 7.11 Å². The lowest BCUT2D eigenvalue weighted by molar-refractivity contribution is 0.0794. The third-order valence-electron chi connectivity index (χ3n) is 2.75. The molecule has 2 aromatic carbocycles. The molecule has 2 aromatic rings. The smallest absolute Gasteiger partial charge is 0.202 e. The van der Waals surface area contributed by atoms with E-state index in [-0.39, 0.29) is 5.78 Å². The van der Waals surface area contributed by atoms with Crippen molar-refractivity contribution in [3.05, 3.63) is 65.7 Å². The van der Waals surface area contributed by atoms with Crippen molar-refractivity contribution >= 4 is 17.5 Å². The molecular formula is C16H16O2S. The summed E-state index contributed by atoms with van der Waals surface area (Å²) in [6.45, 7) is 2.04. The van der Waals surface area contributed by atoms with Gasteiger partial charge < -0.3 is 4.74 Å². The molecule has 0 aliphatic rings. The molecule has 0 aromatic heterocycles. The highest BCUT2D eigenvalue weighted by atomic mass is 32.2. The van der Waals surface area contributed by atoms with Crippen LogP contribution in [0.1, 0.15) is 15.9 Å². The molecule has 0 unspecified atom stereocenters. The predicted molar refractivity (Wildman–Crippen MR) is 78.6 cm³/mol. The van der Waals surface area contributed by atoms with E-state index in [4.69, 9.17) is 4.74 Å². The summed E-state index contributed by atoms with van der Waals surface area (Å²) in [5.41, 5.74) is 1.37. The molecule has 1 atom stereocenters. The highest BCUT2D eigenvalue weighted by Crippen LogP contribution is 2.26. The van der Waals surface area contributed by atoms with Crippen molar-refractivity contribution in [2.45, 2.75) is 17.3 Å². The number of carbonyl (C=O) groups is 1. The lowest BCUT2D eigenvalue weighted by atomic mass is 10.1. The minimum absolute atomic E-state index is 0.00586. The van der Waals surface area contributed by atoms with Gasteiger partial charge in [-0.2, -0.15) is 0 Å². The molecule has 0 fully saturated rings. The van der Waals surface area contributed by atoms with Gasteiger partial charge in [0.05, 0.1) is 0 Å². The fourth-order valence-electron chi connectivity index (χ4n) is 1.69. The Morgan fingerprint density at radius 3 is 2.26 bits per heavy atom. The van der Waals surface area contributed by atoms with E-state index in [0.29, 0.717) is 5.56 Å². The maximum absolute atomic E-state index is 12.3. The Bertz CT molecular complexity index is 534. The molecule has 0 N–H and O–H groups in total. The van der Waals surface area contributed by atoms with Gasteiger partial charge in [0.25, 0.3) is 0 Å². The molecule has 0 amide bonds. The first-order valence-electron chi connectivity index (χ1n) is 6.06. The molecule has 98 valence electrons. The standard InChI is InChI=1S/C16H16O2S/c1-12-8-10-14(11-9-12)19-16(18-2)15(17)13-6-4-3-5-7-13/h3-11,16H,1-2H3/t16-/m0/s1. The number of carbonyl (C=O) groups excluding carboxylic acids is 1. The topological polar surface area (TPSA) is 26.3 Å². The quantitative estimate of drug-likeness (QED) is 0.468. The number of hydrogen-bond acceptors (Lipinski definition) is 3. The van der Waals surface area contributed by atoms with Crippen molar-refractivity contribution in [1.29, 1.82) is 0 Å². The van der Waals surface area contributed by atoms with E-state index in [1.165, 1.54) is 17.3 Å². The molecule has 0 saturated carbocycles. The van der Waals surface area contributed by atoms with Gasteiger partial charge in [-0.3, -0.25) is 4.79 Å². The number of benzene rings is 2. The third kappa shape index (κ3) is 3.69. The molecule has 2 rings (SSSR count). The minimum atomic E-state index is -0.509. The molecule has 0 aliphatic carbocycles. The Morgan fingerprint density at radius 2 is 1.68 bits per heavy atom. The first-order valence-corrected chi connectivity index (χ1v) is 6.94. The molecule has 0 aliphatic heterocycles. The molecular weight excluding hydrogens is 256 g/mol. The van der Waals surface area contributed by atoms with Crippen LogP contribution >= 0.6 is 11.8 Å². The molecule has 19 heavy (non-hydrogen) atoms. The lowest BCUT2D eigenvalue weighted by Crippen LogP contribution is -2.19. The highest BCUT2D eigenvalue weighted by molar-refractivity contribution is 8.00. The average Bonchev–Trinajstić information content (AvgIpc) is 2.47. The lowest BCUT2D eigenvalue weighted by Gasteiger charge is -2.13. The second kappa shape index (κ2) is 6.55. The number of ketones is 1. The summed E-state index contributed by atoms with van der Waals surface area (Å²) < 4.78 is 5.31. The largest absolute Gasteiger partial charge is 0.362 e. The van der Waals surface area contributed by atoms with E-state index < -0.39 is 5.44 Å². The van der Waals surface area contributed by atoms with Crippen LogP contribution in [-0.2, 0) is 4.74 Å². The van der Waals surface area contributed by atoms with Crippen LogP contribution in [-0.4, -0.2) is 18.3 Å². The van der Waals surface area contributed by atoms with Gasteiger partial charge in [-0.15, -0.1) is 0 Å². The average molecular weight is 272 g/mol. The summed E-state index contributed by atoms with van der Waals surface area (Å²) in [6, 6.07) is 17.3. The maximum Gasteiger partial charge on any atom is 0.202 e. The minimum Gasteiger partial charge on any atom is -0.362 e. The van der Waals surface area contributed by atoms with Crippen molar-refractivity contribution < 1.29 is 9.53 Å². The summed E-state index contributed by atoms with van der Waals surface area (Å²) in [6.07, 6.45) is 0. The van der Waals surface area contributed by atoms with E-state index >= 15 is 0 Å². The molecule has 0 radical (unpaired) electrons. The van der Waals surface area contributed by atoms with Crippen LogP contribution in [0.3, 0.4) is 0 Å². The summed E-state index contributed by atoms with van der Waals surface area (Å²) in [4.78, 5) is 13.3. The molecule has 2 nitrogen and oxygen atoms in total. The van der Waals surface area contributed by atoms with E-state index in [0.717, 1.165) is 4.90 Å². The van der Waals surface area contributed by atoms with Gasteiger partial charge in [0.15, 0.2) is 5.44 Å². The third-order valence-corrected chi connectivity index (χ3v) is 3.92. The zero-order chi connectivity index (χ0) is 13.7. The zero-order valence-corrected chi connectivity index (χ0v) is 11.8. The van der Waals surface area contributed by atoms with Crippen molar-refractivity contribution in [1.82, 2.24) is 0 Å². The van der Waals surface area contributed by atoms with Gasteiger partial charge in [0, 0.05) is 17.6 Å². The van der Waals surface area contributed by atoms with Crippen LogP contribution in [0.5, 0.6) is 0 Å².